The minimum absolute atomic E-state index is 0.518. The summed E-state index contributed by atoms with van der Waals surface area (Å²) >= 11 is 3.95. The van der Waals surface area contributed by atoms with E-state index in [0.717, 1.165) is 33.3 Å². The zero-order valence-corrected chi connectivity index (χ0v) is 38.7. The van der Waals surface area contributed by atoms with Gasteiger partial charge in [-0.15, -0.1) is 22.7 Å². The highest BCUT2D eigenvalue weighted by Gasteiger charge is 2.62. The summed E-state index contributed by atoms with van der Waals surface area (Å²) in [5.74, 6) is 0. The van der Waals surface area contributed by atoms with Crippen LogP contribution in [0.5, 0.6) is 0 Å². The van der Waals surface area contributed by atoms with E-state index >= 15 is 0 Å². The molecule has 3 aliphatic rings. The molecule has 0 saturated carbocycles. The smallest absolute Gasteiger partial charge is 0.135 e. The fraction of sp³-hybridized carbons (Fsp3) is 0.107. The molecule has 0 radical (unpaired) electrons. The van der Waals surface area contributed by atoms with Crippen molar-refractivity contribution in [2.24, 2.45) is 0 Å². The van der Waals surface area contributed by atoms with Gasteiger partial charge in [0.1, 0.15) is 32.3 Å². The maximum Gasteiger partial charge on any atom is 0.135 e. The van der Waals surface area contributed by atoms with Gasteiger partial charge >= 0.3 is 0 Å². The molecular weight excluding hydrogens is 823 g/mol. The Morgan fingerprint density at radius 3 is 1.52 bits per heavy atom. The Kier molecular flexibility index (Phi) is 7.54. The van der Waals surface area contributed by atoms with Crippen LogP contribution in [0, 0.1) is 0 Å². The Morgan fingerprint density at radius 2 is 0.919 bits per heavy atom. The van der Waals surface area contributed by atoms with Crippen LogP contribution >= 0.6 is 22.7 Å². The van der Waals surface area contributed by atoms with Crippen molar-refractivity contribution < 1.29 is 4.42 Å². The van der Waals surface area contributed by atoms with Crippen molar-refractivity contribution in [2.45, 2.75) is 37.0 Å². The van der Waals surface area contributed by atoms with Crippen molar-refractivity contribution >= 4 is 97.9 Å². The first-order chi connectivity index (χ1) is 30.3. The van der Waals surface area contributed by atoms with E-state index in [4.69, 9.17) is 4.42 Å². The first kappa shape index (κ1) is 36.6. The number of para-hydroxylation sites is 2. The lowest BCUT2D eigenvalue weighted by molar-refractivity contribution is 0.646. The standard InChI is InChI=1S/C56H43NOS2Si2/c1-61(2)48-26-14-9-21-40(48)55(41-22-10-15-27-49(41)61)44-32-33-59-53(44)56(42-23-11-16-28-50(42)62(3,4)51-29-17-12-24-43(51)56)45-35-52(60-54(45)55)57(36-18-6-5-7-19-36)37-30-31-47-39(34-37)38-20-8-13-25-46(38)58-47/h5-35H,1-4H3. The van der Waals surface area contributed by atoms with Crippen LogP contribution in [-0.2, 0) is 10.8 Å². The molecule has 5 heterocycles. The molecule has 62 heavy (non-hydrogen) atoms. The van der Waals surface area contributed by atoms with Gasteiger partial charge < -0.3 is 9.32 Å². The van der Waals surface area contributed by atoms with Crippen molar-refractivity contribution in [3.63, 3.8) is 0 Å². The third-order valence-electron chi connectivity index (χ3n) is 14.7. The van der Waals surface area contributed by atoms with Gasteiger partial charge in [0, 0.05) is 31.9 Å². The highest BCUT2D eigenvalue weighted by atomic mass is 32.1. The molecule has 2 spiro atoms. The van der Waals surface area contributed by atoms with Crippen molar-refractivity contribution in [1.29, 1.82) is 0 Å². The molecule has 0 bridgehead atoms. The lowest BCUT2D eigenvalue weighted by atomic mass is 9.55. The highest BCUT2D eigenvalue weighted by molar-refractivity contribution is 7.17. The normalized spacial score (nSPS) is 16.6. The quantitative estimate of drug-likeness (QED) is 0.165. The molecule has 3 aromatic heterocycles. The average molecular weight is 866 g/mol. The molecule has 13 rings (SSSR count). The van der Waals surface area contributed by atoms with Gasteiger partial charge in [-0.05, 0) is 108 Å². The maximum atomic E-state index is 6.40. The Balaban J connectivity index is 1.21. The van der Waals surface area contributed by atoms with Crippen molar-refractivity contribution in [2.75, 3.05) is 4.90 Å². The molecule has 2 aliphatic heterocycles. The SMILES string of the molecule is C[Si]1(C)c2ccccc2C2(c3ccccc31)c1cc(N(c3ccccc3)c3ccc4oc5ccccc5c4c3)sc1C1(c3ccccc3[Si](C)(C)c3ccccc31)c1ccsc12. The van der Waals surface area contributed by atoms with Gasteiger partial charge in [0.2, 0.25) is 0 Å². The number of anilines is 3. The summed E-state index contributed by atoms with van der Waals surface area (Å²) in [6, 6.07) is 69.3. The summed E-state index contributed by atoms with van der Waals surface area (Å²) in [6.07, 6.45) is 0. The van der Waals surface area contributed by atoms with E-state index in [1.807, 2.05) is 22.7 Å². The molecule has 6 heteroatoms. The van der Waals surface area contributed by atoms with Gasteiger partial charge in [0.05, 0.1) is 10.8 Å². The minimum Gasteiger partial charge on any atom is -0.456 e. The summed E-state index contributed by atoms with van der Waals surface area (Å²) in [5, 5.41) is 12.0. The number of hydrogen-bond donors (Lipinski definition) is 0. The number of rotatable bonds is 3. The van der Waals surface area contributed by atoms with Crippen LogP contribution in [0.1, 0.15) is 43.1 Å². The van der Waals surface area contributed by atoms with E-state index in [-0.39, 0.29) is 0 Å². The second-order valence-electron chi connectivity index (χ2n) is 18.4. The van der Waals surface area contributed by atoms with E-state index in [2.05, 4.69) is 218 Å². The van der Waals surface area contributed by atoms with Crippen LogP contribution in [0.15, 0.2) is 192 Å². The Labute approximate surface area is 372 Å². The second kappa shape index (κ2) is 12.8. The Bertz CT molecular complexity index is 3220. The molecule has 2 nitrogen and oxygen atoms in total. The minimum atomic E-state index is -2.11. The van der Waals surface area contributed by atoms with E-state index in [1.54, 1.807) is 0 Å². The predicted octanol–water partition coefficient (Wildman–Crippen LogP) is 12.5. The topological polar surface area (TPSA) is 16.4 Å². The van der Waals surface area contributed by atoms with Crippen LogP contribution in [0.25, 0.3) is 21.9 Å². The van der Waals surface area contributed by atoms with Crippen LogP contribution in [0.3, 0.4) is 0 Å². The lowest BCUT2D eigenvalue weighted by Crippen LogP contribution is -2.66. The second-order valence-corrected chi connectivity index (χ2v) is 29.0. The molecule has 298 valence electrons. The van der Waals surface area contributed by atoms with Crippen LogP contribution in [0.2, 0.25) is 26.2 Å². The molecule has 1 aliphatic carbocycles. The Morgan fingerprint density at radius 1 is 0.419 bits per heavy atom. The van der Waals surface area contributed by atoms with Crippen molar-refractivity contribution in [1.82, 2.24) is 0 Å². The summed E-state index contributed by atoms with van der Waals surface area (Å²) in [7, 11) is -4.23. The zero-order chi connectivity index (χ0) is 41.6. The molecule has 7 aromatic carbocycles. The first-order valence-electron chi connectivity index (χ1n) is 21.7. The number of thiophene rings is 2. The van der Waals surface area contributed by atoms with E-state index in [1.165, 1.54) is 68.9 Å². The number of furan rings is 1. The zero-order valence-electron chi connectivity index (χ0n) is 35.1. The van der Waals surface area contributed by atoms with Crippen LogP contribution < -0.4 is 25.6 Å². The molecule has 0 unspecified atom stereocenters. The van der Waals surface area contributed by atoms with Crippen molar-refractivity contribution in [3.8, 4) is 0 Å². The summed E-state index contributed by atoms with van der Waals surface area (Å²) in [5.41, 5.74) is 11.6. The first-order valence-corrected chi connectivity index (χ1v) is 29.4. The van der Waals surface area contributed by atoms with Gasteiger partial charge in [0.25, 0.3) is 0 Å². The maximum absolute atomic E-state index is 6.40. The molecule has 0 N–H and O–H groups in total. The van der Waals surface area contributed by atoms with Gasteiger partial charge in [0.15, 0.2) is 0 Å². The van der Waals surface area contributed by atoms with Gasteiger partial charge in [-0.2, -0.15) is 0 Å². The number of benzene rings is 7. The molecule has 0 saturated heterocycles. The van der Waals surface area contributed by atoms with Gasteiger partial charge in [-0.25, -0.2) is 0 Å². The molecule has 0 fully saturated rings. The van der Waals surface area contributed by atoms with Crippen LogP contribution in [0.4, 0.5) is 16.4 Å². The summed E-state index contributed by atoms with van der Waals surface area (Å²) in [6.45, 7) is 10.2. The monoisotopic (exact) mass is 865 g/mol. The molecule has 10 aromatic rings. The average Bonchev–Trinajstić information content (AvgIpc) is 4.07. The van der Waals surface area contributed by atoms with E-state index < -0.39 is 27.0 Å². The molecular formula is C56H43NOS2Si2. The van der Waals surface area contributed by atoms with Crippen molar-refractivity contribution in [3.05, 3.63) is 231 Å². The predicted molar refractivity (Wildman–Crippen MR) is 268 cm³/mol. The number of hydrogen-bond acceptors (Lipinski definition) is 4. The largest absolute Gasteiger partial charge is 0.456 e. The van der Waals surface area contributed by atoms with Gasteiger partial charge in [-0.3, -0.25) is 0 Å². The Hall–Kier alpha value is -6.03. The third-order valence-corrected chi connectivity index (χ3v) is 24.1. The van der Waals surface area contributed by atoms with E-state index in [0.29, 0.717) is 0 Å². The molecule has 0 atom stereocenters. The lowest BCUT2D eigenvalue weighted by Gasteiger charge is -2.54. The fourth-order valence-corrected chi connectivity index (χ4v) is 21.2. The fourth-order valence-electron chi connectivity index (χ4n) is 12.1. The van der Waals surface area contributed by atoms with E-state index in [9.17, 15) is 0 Å². The summed E-state index contributed by atoms with van der Waals surface area (Å²) < 4.78 is 6.40. The van der Waals surface area contributed by atoms with Gasteiger partial charge in [-0.1, -0.05) is 160 Å². The number of nitrogens with zero attached hydrogens (tertiary/aromatic N) is 1. The number of fused-ring (bicyclic) bond motifs is 17. The third kappa shape index (κ3) is 4.47. The van der Waals surface area contributed by atoms with Crippen LogP contribution in [-0.4, -0.2) is 16.1 Å². The highest BCUT2D eigenvalue weighted by Crippen LogP contribution is 2.65. The molecule has 0 amide bonds. The summed E-state index contributed by atoms with van der Waals surface area (Å²) in [4.78, 5) is 5.38.